The molecule has 5 heteroatoms. The van der Waals surface area contributed by atoms with Crippen molar-refractivity contribution in [1.82, 2.24) is 4.90 Å². The van der Waals surface area contributed by atoms with Crippen LogP contribution in [0.15, 0.2) is 18.2 Å². The van der Waals surface area contributed by atoms with Gasteiger partial charge in [-0.2, -0.15) is 0 Å². The maximum absolute atomic E-state index is 13.8. The number of hydrogen-bond acceptors (Lipinski definition) is 3. The van der Waals surface area contributed by atoms with Crippen molar-refractivity contribution >= 4 is 17.3 Å². The van der Waals surface area contributed by atoms with Gasteiger partial charge in [-0.1, -0.05) is 6.07 Å². The van der Waals surface area contributed by atoms with E-state index in [9.17, 15) is 9.18 Å². The lowest BCUT2D eigenvalue weighted by atomic mass is 10.1. The summed E-state index contributed by atoms with van der Waals surface area (Å²) in [6, 6.07) is 5.09. The molecule has 1 atom stereocenters. The number of carbonyl (C=O) groups excluding carboxylic acids is 1. The Hall–Kier alpha value is -1.62. The second-order valence-electron chi connectivity index (χ2n) is 5.00. The molecule has 0 aliphatic carbocycles. The van der Waals surface area contributed by atoms with Crippen LogP contribution in [-0.2, 0) is 4.79 Å². The zero-order valence-electron chi connectivity index (χ0n) is 10.3. The van der Waals surface area contributed by atoms with Crippen molar-refractivity contribution in [2.45, 2.75) is 12.5 Å². The topological polar surface area (TPSA) is 35.6 Å². The quantitative estimate of drug-likeness (QED) is 0.752. The molecule has 0 saturated carbocycles. The molecule has 96 valence electrons. The van der Waals surface area contributed by atoms with Gasteiger partial charge in [0.1, 0.15) is 11.5 Å². The smallest absolute Gasteiger partial charge is 0.226 e. The van der Waals surface area contributed by atoms with Crippen molar-refractivity contribution in [1.29, 1.82) is 0 Å². The number of nitrogens with zero attached hydrogens (tertiary/aromatic N) is 2. The number of nitrogens with one attached hydrogen (secondary N) is 1. The number of para-hydroxylation sites is 1. The molecule has 0 spiro atoms. The molecule has 3 rings (SSSR count). The van der Waals surface area contributed by atoms with Gasteiger partial charge in [0.2, 0.25) is 5.91 Å². The van der Waals surface area contributed by atoms with Gasteiger partial charge in [0, 0.05) is 26.1 Å². The predicted octanol–water partition coefficient (Wildman–Crippen LogP) is 1.29. The summed E-state index contributed by atoms with van der Waals surface area (Å²) in [6.07, 6.45) is 0.415. The van der Waals surface area contributed by atoms with Crippen LogP contribution in [0.1, 0.15) is 6.42 Å². The summed E-state index contributed by atoms with van der Waals surface area (Å²) in [5.41, 5.74) is 1.13. The monoisotopic (exact) mass is 249 g/mol. The van der Waals surface area contributed by atoms with E-state index in [0.29, 0.717) is 12.1 Å². The summed E-state index contributed by atoms with van der Waals surface area (Å²) < 4.78 is 13.8. The number of hydrogen-bond donors (Lipinski definition) is 1. The predicted molar refractivity (Wildman–Crippen MR) is 68.3 cm³/mol. The maximum Gasteiger partial charge on any atom is 0.226 e. The Morgan fingerprint density at radius 3 is 3.06 bits per heavy atom. The minimum absolute atomic E-state index is 0.107. The highest BCUT2D eigenvalue weighted by Gasteiger charge is 2.32. The van der Waals surface area contributed by atoms with E-state index in [2.05, 4.69) is 15.1 Å². The standard InChI is InChI=1S/C13H16FN3O/c1-16-5-6-17-9(8-16)7-12(18)15-13-10(14)3-2-4-11(13)17/h2-4,9H,5-8H2,1H3,(H,15,18)/t9-/m0/s1. The molecule has 1 saturated heterocycles. The van der Waals surface area contributed by atoms with Crippen molar-refractivity contribution in [3.8, 4) is 0 Å². The van der Waals surface area contributed by atoms with Crippen LogP contribution in [0, 0.1) is 5.82 Å². The minimum Gasteiger partial charge on any atom is -0.364 e. The summed E-state index contributed by atoms with van der Waals surface area (Å²) in [7, 11) is 2.05. The molecule has 1 aromatic carbocycles. The van der Waals surface area contributed by atoms with Crippen LogP contribution in [0.2, 0.25) is 0 Å². The van der Waals surface area contributed by atoms with E-state index in [1.54, 1.807) is 6.07 Å². The van der Waals surface area contributed by atoms with Gasteiger partial charge >= 0.3 is 0 Å². The third-order valence-electron chi connectivity index (χ3n) is 3.67. The number of halogens is 1. The summed E-state index contributed by atoms with van der Waals surface area (Å²) in [5, 5.41) is 2.69. The average Bonchev–Trinajstić information content (AvgIpc) is 2.45. The van der Waals surface area contributed by atoms with Crippen LogP contribution >= 0.6 is 0 Å². The first kappa shape index (κ1) is 11.5. The number of likely N-dealkylation sites (N-methyl/N-ethyl adjacent to an activating group) is 1. The first-order valence-corrected chi connectivity index (χ1v) is 6.18. The second-order valence-corrected chi connectivity index (χ2v) is 5.00. The van der Waals surface area contributed by atoms with Crippen LogP contribution < -0.4 is 10.2 Å². The van der Waals surface area contributed by atoms with E-state index in [1.807, 2.05) is 13.1 Å². The summed E-state index contributed by atoms with van der Waals surface area (Å²) >= 11 is 0. The van der Waals surface area contributed by atoms with Crippen LogP contribution in [0.4, 0.5) is 15.8 Å². The van der Waals surface area contributed by atoms with Crippen molar-refractivity contribution < 1.29 is 9.18 Å². The maximum atomic E-state index is 13.8. The molecule has 1 fully saturated rings. The molecule has 1 aromatic rings. The van der Waals surface area contributed by atoms with Crippen LogP contribution in [0.5, 0.6) is 0 Å². The molecule has 0 radical (unpaired) electrons. The van der Waals surface area contributed by atoms with Gasteiger partial charge in [-0.05, 0) is 19.2 Å². The Bertz CT molecular complexity index is 491. The molecule has 18 heavy (non-hydrogen) atoms. The first-order chi connectivity index (χ1) is 8.65. The SMILES string of the molecule is CN1CCN2c3cccc(F)c3NC(=O)C[C@H]2C1. The highest BCUT2D eigenvalue weighted by molar-refractivity contribution is 5.97. The largest absolute Gasteiger partial charge is 0.364 e. The van der Waals surface area contributed by atoms with Crippen molar-refractivity contribution in [3.05, 3.63) is 24.0 Å². The van der Waals surface area contributed by atoms with E-state index < -0.39 is 0 Å². The third-order valence-corrected chi connectivity index (χ3v) is 3.67. The van der Waals surface area contributed by atoms with Crippen LogP contribution in [-0.4, -0.2) is 43.5 Å². The van der Waals surface area contributed by atoms with Gasteiger partial charge in [-0.25, -0.2) is 4.39 Å². The fraction of sp³-hybridized carbons (Fsp3) is 0.462. The normalized spacial score (nSPS) is 24.0. The molecule has 1 N–H and O–H groups in total. The van der Waals surface area contributed by atoms with Crippen LogP contribution in [0.3, 0.4) is 0 Å². The van der Waals surface area contributed by atoms with E-state index in [-0.39, 0.29) is 17.8 Å². The Morgan fingerprint density at radius 2 is 2.22 bits per heavy atom. The number of carbonyl (C=O) groups is 1. The van der Waals surface area contributed by atoms with Gasteiger partial charge in [0.25, 0.3) is 0 Å². The van der Waals surface area contributed by atoms with Crippen molar-refractivity contribution in [2.75, 3.05) is 36.9 Å². The van der Waals surface area contributed by atoms with Gasteiger partial charge in [0.15, 0.2) is 0 Å². The Morgan fingerprint density at radius 1 is 1.39 bits per heavy atom. The fourth-order valence-corrected chi connectivity index (χ4v) is 2.78. The summed E-state index contributed by atoms with van der Waals surface area (Å²) in [4.78, 5) is 16.2. The van der Waals surface area contributed by atoms with E-state index in [1.165, 1.54) is 6.07 Å². The number of anilines is 2. The summed E-state index contributed by atoms with van der Waals surface area (Å²) in [5.74, 6) is -0.468. The average molecular weight is 249 g/mol. The van der Waals surface area contributed by atoms with E-state index >= 15 is 0 Å². The van der Waals surface area contributed by atoms with Gasteiger partial charge in [0.05, 0.1) is 11.7 Å². The molecular weight excluding hydrogens is 233 g/mol. The lowest BCUT2D eigenvalue weighted by Crippen LogP contribution is -2.52. The lowest BCUT2D eigenvalue weighted by molar-refractivity contribution is -0.116. The number of rotatable bonds is 0. The van der Waals surface area contributed by atoms with E-state index in [0.717, 1.165) is 25.3 Å². The molecule has 2 aliphatic heterocycles. The molecule has 4 nitrogen and oxygen atoms in total. The van der Waals surface area contributed by atoms with Gasteiger partial charge in [-0.15, -0.1) is 0 Å². The first-order valence-electron chi connectivity index (χ1n) is 6.18. The van der Waals surface area contributed by atoms with E-state index in [4.69, 9.17) is 0 Å². The second kappa shape index (κ2) is 4.24. The zero-order chi connectivity index (χ0) is 12.7. The van der Waals surface area contributed by atoms with Crippen molar-refractivity contribution in [3.63, 3.8) is 0 Å². The highest BCUT2D eigenvalue weighted by Crippen LogP contribution is 2.34. The minimum atomic E-state index is -0.361. The van der Waals surface area contributed by atoms with Crippen LogP contribution in [0.25, 0.3) is 0 Å². The third kappa shape index (κ3) is 1.84. The number of benzene rings is 1. The Balaban J connectivity index is 2.05. The zero-order valence-corrected chi connectivity index (χ0v) is 10.3. The number of fused-ring (bicyclic) bond motifs is 3. The molecule has 2 heterocycles. The number of amides is 1. The number of piperazine rings is 1. The Kier molecular flexibility index (Phi) is 2.70. The Labute approximate surface area is 105 Å². The van der Waals surface area contributed by atoms with Gasteiger partial charge in [-0.3, -0.25) is 4.79 Å². The van der Waals surface area contributed by atoms with Crippen molar-refractivity contribution in [2.24, 2.45) is 0 Å². The summed E-state index contributed by atoms with van der Waals surface area (Å²) in [6.45, 7) is 2.59. The molecule has 2 aliphatic rings. The fourth-order valence-electron chi connectivity index (χ4n) is 2.78. The lowest BCUT2D eigenvalue weighted by Gasteiger charge is -2.40. The van der Waals surface area contributed by atoms with Gasteiger partial charge < -0.3 is 15.1 Å². The molecular formula is C13H16FN3O. The molecule has 1 amide bonds. The highest BCUT2D eigenvalue weighted by atomic mass is 19.1. The molecule has 0 unspecified atom stereocenters. The molecule has 0 aromatic heterocycles. The molecule has 0 bridgehead atoms.